The van der Waals surface area contributed by atoms with Gasteiger partial charge in [0, 0.05) is 25.7 Å². The molecule has 1 saturated carbocycles. The van der Waals surface area contributed by atoms with Gasteiger partial charge in [-0.2, -0.15) is 0 Å². The zero-order valence-electron chi connectivity index (χ0n) is 12.3. The molecule has 1 saturated heterocycles. The van der Waals surface area contributed by atoms with Gasteiger partial charge in [0.15, 0.2) is 0 Å². The Morgan fingerprint density at radius 3 is 2.78 bits per heavy atom. The van der Waals surface area contributed by atoms with Crippen molar-refractivity contribution in [3.8, 4) is 0 Å². The summed E-state index contributed by atoms with van der Waals surface area (Å²) in [6.45, 7) is 10.8. The second-order valence-electron chi connectivity index (χ2n) is 6.62. The molecule has 2 N–H and O–H groups in total. The minimum Gasteiger partial charge on any atom is -0.374 e. The molecule has 0 bridgehead atoms. The Bertz CT molecular complexity index is 257. The molecule has 2 fully saturated rings. The molecule has 18 heavy (non-hydrogen) atoms. The number of ether oxygens (including phenoxy) is 1. The average Bonchev–Trinajstić information content (AvgIpc) is 2.38. The number of morpholine rings is 1. The molecule has 0 amide bonds. The molecule has 2 aliphatic rings. The zero-order valence-corrected chi connectivity index (χ0v) is 12.3. The summed E-state index contributed by atoms with van der Waals surface area (Å²) in [5.41, 5.74) is 5.77. The van der Waals surface area contributed by atoms with Crippen molar-refractivity contribution >= 4 is 0 Å². The van der Waals surface area contributed by atoms with Crippen LogP contribution in [0.4, 0.5) is 0 Å². The van der Waals surface area contributed by atoms with Crippen LogP contribution in [-0.2, 0) is 4.74 Å². The second-order valence-corrected chi connectivity index (χ2v) is 6.62. The topological polar surface area (TPSA) is 38.5 Å². The largest absolute Gasteiger partial charge is 0.374 e. The van der Waals surface area contributed by atoms with Crippen LogP contribution >= 0.6 is 0 Å². The number of nitrogens with two attached hydrogens (primary N) is 1. The van der Waals surface area contributed by atoms with Crippen LogP contribution < -0.4 is 5.73 Å². The fraction of sp³-hybridized carbons (Fsp3) is 1.00. The number of hydrogen-bond acceptors (Lipinski definition) is 3. The molecule has 4 atom stereocenters. The summed E-state index contributed by atoms with van der Waals surface area (Å²) in [4.78, 5) is 2.67. The van der Waals surface area contributed by atoms with Crippen molar-refractivity contribution in [2.75, 3.05) is 26.2 Å². The third kappa shape index (κ3) is 3.25. The van der Waals surface area contributed by atoms with Gasteiger partial charge in [0.05, 0.1) is 12.7 Å². The standard InChI is InChI=1S/C15H30N2O/c1-11(2)14-5-4-12(3)8-15(14)17-6-7-18-13(9-16)10-17/h11-15H,4-10,16H2,1-3H3. The van der Waals surface area contributed by atoms with Crippen molar-refractivity contribution < 1.29 is 4.74 Å². The molecule has 0 aromatic heterocycles. The third-order valence-electron chi connectivity index (χ3n) is 4.89. The van der Waals surface area contributed by atoms with Crippen LogP contribution in [0.1, 0.15) is 40.0 Å². The van der Waals surface area contributed by atoms with Gasteiger partial charge in [-0.15, -0.1) is 0 Å². The molecule has 0 radical (unpaired) electrons. The summed E-state index contributed by atoms with van der Waals surface area (Å²) in [6.07, 6.45) is 4.42. The lowest BCUT2D eigenvalue weighted by Crippen LogP contribution is -2.54. The van der Waals surface area contributed by atoms with Gasteiger partial charge >= 0.3 is 0 Å². The Balaban J connectivity index is 2.02. The highest BCUT2D eigenvalue weighted by Gasteiger charge is 2.36. The molecule has 1 heterocycles. The molecule has 1 aliphatic heterocycles. The summed E-state index contributed by atoms with van der Waals surface area (Å²) in [5, 5.41) is 0. The van der Waals surface area contributed by atoms with Crippen molar-refractivity contribution in [2.24, 2.45) is 23.5 Å². The van der Waals surface area contributed by atoms with Crippen molar-refractivity contribution in [3.05, 3.63) is 0 Å². The predicted octanol–water partition coefficient (Wildman–Crippen LogP) is 2.11. The van der Waals surface area contributed by atoms with Crippen LogP contribution in [0.2, 0.25) is 0 Å². The van der Waals surface area contributed by atoms with E-state index >= 15 is 0 Å². The van der Waals surface area contributed by atoms with E-state index in [9.17, 15) is 0 Å². The first-order chi connectivity index (χ1) is 8.61. The van der Waals surface area contributed by atoms with E-state index in [1.54, 1.807) is 0 Å². The fourth-order valence-corrected chi connectivity index (χ4v) is 3.76. The maximum absolute atomic E-state index is 5.77. The minimum atomic E-state index is 0.254. The van der Waals surface area contributed by atoms with Gasteiger partial charge in [-0.05, 0) is 30.6 Å². The Morgan fingerprint density at radius 2 is 2.11 bits per heavy atom. The maximum Gasteiger partial charge on any atom is 0.0824 e. The molecular weight excluding hydrogens is 224 g/mol. The third-order valence-corrected chi connectivity index (χ3v) is 4.89. The lowest BCUT2D eigenvalue weighted by Gasteiger charge is -2.46. The minimum absolute atomic E-state index is 0.254. The SMILES string of the molecule is CC1CCC(C(C)C)C(N2CCOC(CN)C2)C1. The summed E-state index contributed by atoms with van der Waals surface area (Å²) in [5.74, 6) is 2.53. The zero-order chi connectivity index (χ0) is 13.1. The van der Waals surface area contributed by atoms with Crippen molar-refractivity contribution in [2.45, 2.75) is 52.2 Å². The van der Waals surface area contributed by atoms with Crippen LogP contribution in [0.5, 0.6) is 0 Å². The van der Waals surface area contributed by atoms with Crippen molar-refractivity contribution in [1.29, 1.82) is 0 Å². The normalized spacial score (nSPS) is 39.2. The predicted molar refractivity (Wildman–Crippen MR) is 75.5 cm³/mol. The first kappa shape index (κ1) is 14.3. The molecule has 0 spiro atoms. The lowest BCUT2D eigenvalue weighted by atomic mass is 9.73. The first-order valence-electron chi connectivity index (χ1n) is 7.67. The molecule has 0 aromatic rings. The molecule has 4 unspecified atom stereocenters. The van der Waals surface area contributed by atoms with Crippen molar-refractivity contribution in [3.63, 3.8) is 0 Å². The van der Waals surface area contributed by atoms with E-state index in [-0.39, 0.29) is 6.10 Å². The molecule has 1 aliphatic carbocycles. The molecular formula is C15H30N2O. The smallest absolute Gasteiger partial charge is 0.0824 e. The van der Waals surface area contributed by atoms with Gasteiger partial charge in [-0.1, -0.05) is 27.2 Å². The Hall–Kier alpha value is -0.120. The highest BCUT2D eigenvalue weighted by atomic mass is 16.5. The molecule has 0 aromatic carbocycles. The van der Waals surface area contributed by atoms with E-state index in [4.69, 9.17) is 10.5 Å². The maximum atomic E-state index is 5.77. The first-order valence-corrected chi connectivity index (χ1v) is 7.67. The Morgan fingerprint density at radius 1 is 1.33 bits per heavy atom. The summed E-state index contributed by atoms with van der Waals surface area (Å²) >= 11 is 0. The van der Waals surface area contributed by atoms with Crippen LogP contribution in [0.3, 0.4) is 0 Å². The number of nitrogens with zero attached hydrogens (tertiary/aromatic N) is 1. The van der Waals surface area contributed by atoms with Crippen LogP contribution in [0, 0.1) is 17.8 Å². The quantitative estimate of drug-likeness (QED) is 0.838. The van der Waals surface area contributed by atoms with Gasteiger partial charge in [-0.25, -0.2) is 0 Å². The van der Waals surface area contributed by atoms with E-state index in [1.165, 1.54) is 19.3 Å². The molecule has 2 rings (SSSR count). The molecule has 3 nitrogen and oxygen atoms in total. The van der Waals surface area contributed by atoms with Crippen molar-refractivity contribution in [1.82, 2.24) is 4.90 Å². The number of hydrogen-bond donors (Lipinski definition) is 1. The fourth-order valence-electron chi connectivity index (χ4n) is 3.76. The van der Waals surface area contributed by atoms with E-state index in [0.29, 0.717) is 6.54 Å². The summed E-state index contributed by atoms with van der Waals surface area (Å²) in [6, 6.07) is 0.756. The van der Waals surface area contributed by atoms with E-state index in [1.807, 2.05) is 0 Å². The van der Waals surface area contributed by atoms with Gasteiger partial charge < -0.3 is 10.5 Å². The van der Waals surface area contributed by atoms with Gasteiger partial charge in [0.2, 0.25) is 0 Å². The van der Waals surface area contributed by atoms with E-state index in [0.717, 1.165) is 43.5 Å². The second kappa shape index (κ2) is 6.36. The molecule has 3 heteroatoms. The summed E-state index contributed by atoms with van der Waals surface area (Å²) < 4.78 is 5.70. The highest BCUT2D eigenvalue weighted by Crippen LogP contribution is 2.36. The molecule has 106 valence electrons. The Labute approximate surface area is 112 Å². The van der Waals surface area contributed by atoms with Crippen LogP contribution in [-0.4, -0.2) is 43.3 Å². The Kier molecular flexibility index (Phi) is 5.05. The highest BCUT2D eigenvalue weighted by molar-refractivity contribution is 4.89. The lowest BCUT2D eigenvalue weighted by molar-refractivity contribution is -0.0623. The van der Waals surface area contributed by atoms with Gasteiger partial charge in [0.25, 0.3) is 0 Å². The van der Waals surface area contributed by atoms with Crippen LogP contribution in [0.15, 0.2) is 0 Å². The monoisotopic (exact) mass is 254 g/mol. The van der Waals surface area contributed by atoms with E-state index in [2.05, 4.69) is 25.7 Å². The average molecular weight is 254 g/mol. The number of rotatable bonds is 3. The summed E-state index contributed by atoms with van der Waals surface area (Å²) in [7, 11) is 0. The van der Waals surface area contributed by atoms with Crippen LogP contribution in [0.25, 0.3) is 0 Å². The van der Waals surface area contributed by atoms with Gasteiger partial charge in [0.1, 0.15) is 0 Å². The van der Waals surface area contributed by atoms with E-state index < -0.39 is 0 Å². The van der Waals surface area contributed by atoms with Gasteiger partial charge in [-0.3, -0.25) is 4.90 Å².